The summed E-state index contributed by atoms with van der Waals surface area (Å²) in [6, 6.07) is 20.5. The number of rotatable bonds is 2. The molecule has 0 heterocycles. The van der Waals surface area contributed by atoms with E-state index in [2.05, 4.69) is 43.0 Å². The fourth-order valence-corrected chi connectivity index (χ4v) is 2.45. The molecule has 0 bridgehead atoms. The van der Waals surface area contributed by atoms with E-state index in [1.54, 1.807) is 0 Å². The van der Waals surface area contributed by atoms with Crippen LogP contribution in [0, 0.1) is 0 Å². The average Bonchev–Trinajstić information content (AvgIpc) is 2.48. The summed E-state index contributed by atoms with van der Waals surface area (Å²) in [6.07, 6.45) is 1.87. The summed E-state index contributed by atoms with van der Waals surface area (Å²) in [5.74, 6) is 0. The zero-order valence-electron chi connectivity index (χ0n) is 10.6. The van der Waals surface area contributed by atoms with Crippen molar-refractivity contribution >= 4 is 22.5 Å². The largest absolute Gasteiger partial charge is 0.398 e. The molecule has 0 amide bonds. The molecule has 0 aromatic heterocycles. The van der Waals surface area contributed by atoms with Gasteiger partial charge in [-0.25, -0.2) is 0 Å². The zero-order valence-corrected chi connectivity index (χ0v) is 10.6. The number of fused-ring (bicyclic) bond motifs is 1. The van der Waals surface area contributed by atoms with Crippen molar-refractivity contribution in [2.24, 2.45) is 0 Å². The third-order valence-corrected chi connectivity index (χ3v) is 3.44. The SMILES string of the molecule is C=Cc1ccccc1-c1ccc2ccccc2c1N. The molecule has 0 saturated carbocycles. The molecule has 2 N–H and O–H groups in total. The van der Waals surface area contributed by atoms with Crippen molar-refractivity contribution in [1.29, 1.82) is 0 Å². The molecule has 1 nitrogen and oxygen atoms in total. The Labute approximate surface area is 113 Å². The molecule has 3 rings (SSSR count). The van der Waals surface area contributed by atoms with Gasteiger partial charge in [0, 0.05) is 16.6 Å². The number of hydrogen-bond donors (Lipinski definition) is 1. The van der Waals surface area contributed by atoms with E-state index in [-0.39, 0.29) is 0 Å². The maximum Gasteiger partial charge on any atom is 0.0473 e. The van der Waals surface area contributed by atoms with Gasteiger partial charge in [-0.2, -0.15) is 0 Å². The highest BCUT2D eigenvalue weighted by molar-refractivity contribution is 6.01. The van der Waals surface area contributed by atoms with E-state index in [9.17, 15) is 0 Å². The lowest BCUT2D eigenvalue weighted by atomic mass is 9.95. The summed E-state index contributed by atoms with van der Waals surface area (Å²) >= 11 is 0. The lowest BCUT2D eigenvalue weighted by Gasteiger charge is -2.11. The first-order valence-corrected chi connectivity index (χ1v) is 6.30. The molecule has 0 saturated heterocycles. The first-order chi connectivity index (χ1) is 9.31. The topological polar surface area (TPSA) is 26.0 Å². The highest BCUT2D eigenvalue weighted by Gasteiger charge is 2.08. The van der Waals surface area contributed by atoms with Crippen molar-refractivity contribution in [3.63, 3.8) is 0 Å². The Morgan fingerprint density at radius 2 is 1.53 bits per heavy atom. The van der Waals surface area contributed by atoms with Gasteiger partial charge in [0.2, 0.25) is 0 Å². The van der Waals surface area contributed by atoms with Gasteiger partial charge in [0.15, 0.2) is 0 Å². The van der Waals surface area contributed by atoms with E-state index < -0.39 is 0 Å². The summed E-state index contributed by atoms with van der Waals surface area (Å²) in [5.41, 5.74) is 10.5. The van der Waals surface area contributed by atoms with E-state index in [4.69, 9.17) is 5.73 Å². The Hall–Kier alpha value is -2.54. The van der Waals surface area contributed by atoms with E-state index in [0.29, 0.717) is 0 Å². The molecule has 0 fully saturated rings. The van der Waals surface area contributed by atoms with Gasteiger partial charge < -0.3 is 5.73 Å². The van der Waals surface area contributed by atoms with E-state index in [1.807, 2.05) is 30.3 Å². The van der Waals surface area contributed by atoms with Gasteiger partial charge in [0.1, 0.15) is 0 Å². The van der Waals surface area contributed by atoms with Gasteiger partial charge >= 0.3 is 0 Å². The third-order valence-electron chi connectivity index (χ3n) is 3.44. The number of nitrogen functional groups attached to an aromatic ring is 1. The molecule has 1 heteroatoms. The van der Waals surface area contributed by atoms with E-state index >= 15 is 0 Å². The number of hydrogen-bond acceptors (Lipinski definition) is 1. The maximum atomic E-state index is 6.34. The van der Waals surface area contributed by atoms with Gasteiger partial charge in [-0.1, -0.05) is 73.3 Å². The molecule has 19 heavy (non-hydrogen) atoms. The van der Waals surface area contributed by atoms with Crippen molar-refractivity contribution in [1.82, 2.24) is 0 Å². The molecule has 0 radical (unpaired) electrons. The highest BCUT2D eigenvalue weighted by Crippen LogP contribution is 2.34. The fraction of sp³-hybridized carbons (Fsp3) is 0. The summed E-state index contributed by atoms with van der Waals surface area (Å²) < 4.78 is 0. The van der Waals surface area contributed by atoms with Gasteiger partial charge in [-0.3, -0.25) is 0 Å². The Bertz CT molecular complexity index is 756. The van der Waals surface area contributed by atoms with Crippen LogP contribution in [0.5, 0.6) is 0 Å². The summed E-state index contributed by atoms with van der Waals surface area (Å²) in [7, 11) is 0. The van der Waals surface area contributed by atoms with Crippen molar-refractivity contribution in [3.8, 4) is 11.1 Å². The first-order valence-electron chi connectivity index (χ1n) is 6.30. The molecular weight excluding hydrogens is 230 g/mol. The second kappa shape index (κ2) is 4.62. The number of benzene rings is 3. The third kappa shape index (κ3) is 1.89. The van der Waals surface area contributed by atoms with Crippen molar-refractivity contribution in [2.75, 3.05) is 5.73 Å². The van der Waals surface area contributed by atoms with Crippen LogP contribution in [0.2, 0.25) is 0 Å². The van der Waals surface area contributed by atoms with Crippen LogP contribution < -0.4 is 5.73 Å². The normalized spacial score (nSPS) is 10.5. The molecule has 3 aromatic rings. The molecule has 0 atom stereocenters. The fourth-order valence-electron chi connectivity index (χ4n) is 2.45. The zero-order chi connectivity index (χ0) is 13.2. The van der Waals surface area contributed by atoms with Crippen LogP contribution in [-0.4, -0.2) is 0 Å². The highest BCUT2D eigenvalue weighted by atomic mass is 14.6. The minimum absolute atomic E-state index is 0.826. The van der Waals surface area contributed by atoms with E-state index in [1.165, 1.54) is 5.39 Å². The molecule has 0 aliphatic heterocycles. The van der Waals surface area contributed by atoms with Gasteiger partial charge in [0.25, 0.3) is 0 Å². The van der Waals surface area contributed by atoms with Crippen LogP contribution >= 0.6 is 0 Å². The molecule has 0 unspecified atom stereocenters. The lowest BCUT2D eigenvalue weighted by molar-refractivity contribution is 1.61. The minimum Gasteiger partial charge on any atom is -0.398 e. The molecule has 0 aliphatic carbocycles. The van der Waals surface area contributed by atoms with Gasteiger partial charge in [0.05, 0.1) is 0 Å². The predicted molar refractivity (Wildman–Crippen MR) is 83.9 cm³/mol. The van der Waals surface area contributed by atoms with Crippen molar-refractivity contribution in [2.45, 2.75) is 0 Å². The van der Waals surface area contributed by atoms with Gasteiger partial charge in [-0.15, -0.1) is 0 Å². The quantitative estimate of drug-likeness (QED) is 0.649. The Morgan fingerprint density at radius 1 is 0.789 bits per heavy atom. The van der Waals surface area contributed by atoms with Crippen LogP contribution in [0.15, 0.2) is 67.2 Å². The smallest absolute Gasteiger partial charge is 0.0473 e. The standard InChI is InChI=1S/C18H15N/c1-2-13-7-3-5-9-15(13)17-12-11-14-8-4-6-10-16(14)18(17)19/h2-12H,1,19H2. The molecule has 0 spiro atoms. The second-order valence-corrected chi connectivity index (χ2v) is 4.54. The van der Waals surface area contributed by atoms with Gasteiger partial charge in [-0.05, 0) is 16.5 Å². The van der Waals surface area contributed by atoms with Crippen molar-refractivity contribution in [3.05, 3.63) is 72.8 Å². The van der Waals surface area contributed by atoms with Crippen LogP contribution in [-0.2, 0) is 0 Å². The molecule has 92 valence electrons. The van der Waals surface area contributed by atoms with Crippen LogP contribution in [0.1, 0.15) is 5.56 Å². The summed E-state index contributed by atoms with van der Waals surface area (Å²) in [4.78, 5) is 0. The summed E-state index contributed by atoms with van der Waals surface area (Å²) in [5, 5.41) is 2.26. The minimum atomic E-state index is 0.826. The van der Waals surface area contributed by atoms with Crippen LogP contribution in [0.3, 0.4) is 0 Å². The maximum absolute atomic E-state index is 6.34. The Balaban J connectivity index is 2.31. The Morgan fingerprint density at radius 3 is 2.37 bits per heavy atom. The average molecular weight is 245 g/mol. The predicted octanol–water partition coefficient (Wildman–Crippen LogP) is 4.73. The number of nitrogens with two attached hydrogens (primary N) is 1. The monoisotopic (exact) mass is 245 g/mol. The van der Waals surface area contributed by atoms with Crippen LogP contribution in [0.25, 0.3) is 28.0 Å². The van der Waals surface area contributed by atoms with Crippen LogP contribution in [0.4, 0.5) is 5.69 Å². The first kappa shape index (κ1) is 11.5. The number of anilines is 1. The van der Waals surface area contributed by atoms with Crippen molar-refractivity contribution < 1.29 is 0 Å². The lowest BCUT2D eigenvalue weighted by Crippen LogP contribution is -1.93. The summed E-state index contributed by atoms with van der Waals surface area (Å²) in [6.45, 7) is 3.87. The Kier molecular flexibility index (Phi) is 2.81. The molecule has 3 aromatic carbocycles. The molecular formula is C18H15N. The molecule has 0 aliphatic rings. The van der Waals surface area contributed by atoms with E-state index in [0.717, 1.165) is 27.8 Å². The second-order valence-electron chi connectivity index (χ2n) is 4.54.